The number of benzene rings is 2. The quantitative estimate of drug-likeness (QED) is 0.643. The Hall–Kier alpha value is -3.10. The normalized spacial score (nSPS) is 17.6. The fourth-order valence-corrected chi connectivity index (χ4v) is 4.19. The summed E-state index contributed by atoms with van der Waals surface area (Å²) in [4.78, 5) is 12.4. The van der Waals surface area contributed by atoms with Crippen molar-refractivity contribution >= 4 is 21.6 Å². The molecule has 0 spiro atoms. The smallest absolute Gasteiger partial charge is 0.251 e. The monoisotopic (exact) mass is 383 g/mol. The van der Waals surface area contributed by atoms with E-state index >= 15 is 0 Å². The summed E-state index contributed by atoms with van der Waals surface area (Å²) >= 11 is 0. The molecule has 0 unspecified atom stereocenters. The van der Waals surface area contributed by atoms with Crippen molar-refractivity contribution in [2.45, 2.75) is 17.6 Å². The van der Waals surface area contributed by atoms with Gasteiger partial charge in [0.2, 0.25) is 10.0 Å². The molecule has 0 saturated carbocycles. The van der Waals surface area contributed by atoms with Crippen LogP contribution >= 0.6 is 0 Å². The number of carbonyl (C=O) groups excluding carboxylic acids is 1. The zero-order chi connectivity index (χ0) is 18.9. The number of hydrogen-bond acceptors (Lipinski definition) is 5. The van der Waals surface area contributed by atoms with Gasteiger partial charge in [-0.15, -0.1) is 0 Å². The molecular weight excluding hydrogens is 366 g/mol. The largest absolute Gasteiger partial charge is 0.467 e. The van der Waals surface area contributed by atoms with Crippen LogP contribution < -0.4 is 15.4 Å². The Labute approximate surface area is 156 Å². The second kappa shape index (κ2) is 6.90. The van der Waals surface area contributed by atoms with E-state index in [-0.39, 0.29) is 10.8 Å². The number of carbonyl (C=O) groups is 1. The van der Waals surface area contributed by atoms with Crippen LogP contribution in [0.5, 0.6) is 0 Å². The van der Waals surface area contributed by atoms with Gasteiger partial charge < -0.3 is 15.1 Å². The molecule has 7 nitrogen and oxygen atoms in total. The molecular formula is C19H17N3O4S. The summed E-state index contributed by atoms with van der Waals surface area (Å²) < 4.78 is 32.6. The van der Waals surface area contributed by atoms with E-state index in [1.807, 2.05) is 0 Å². The number of amides is 1. The summed E-state index contributed by atoms with van der Waals surface area (Å²) in [6.07, 6.45) is 0.942. The average molecular weight is 383 g/mol. The maximum atomic E-state index is 12.4. The van der Waals surface area contributed by atoms with Gasteiger partial charge in [0.25, 0.3) is 5.91 Å². The van der Waals surface area contributed by atoms with Crippen molar-refractivity contribution in [2.75, 3.05) is 5.32 Å². The summed E-state index contributed by atoms with van der Waals surface area (Å²) in [5.41, 5.74) is 1.72. The Morgan fingerprint density at radius 3 is 2.56 bits per heavy atom. The van der Waals surface area contributed by atoms with Crippen LogP contribution in [0.15, 0.2) is 76.2 Å². The highest BCUT2D eigenvalue weighted by Crippen LogP contribution is 2.30. The molecule has 0 bridgehead atoms. The summed E-state index contributed by atoms with van der Waals surface area (Å²) in [6, 6.07) is 17.0. The van der Waals surface area contributed by atoms with Crippen molar-refractivity contribution in [3.05, 3.63) is 83.8 Å². The zero-order valence-corrected chi connectivity index (χ0v) is 15.0. The molecule has 3 aromatic rings. The Kier molecular flexibility index (Phi) is 4.43. The van der Waals surface area contributed by atoms with Gasteiger partial charge in [0, 0.05) is 5.56 Å². The standard InChI is InChI=1S/C19H17N3O4S/c23-19(20-12-15-4-3-11-26-15)14-9-7-13(8-10-14)18-21-16-5-1-2-6-17(16)27(24,25)22-18/h1-11,18,21-22H,12H2,(H,20,23)/t18-/m0/s1. The molecule has 1 aliphatic heterocycles. The molecule has 8 heteroatoms. The topological polar surface area (TPSA) is 100 Å². The first kappa shape index (κ1) is 17.3. The molecule has 0 aliphatic carbocycles. The molecule has 1 atom stereocenters. The molecule has 1 amide bonds. The number of fused-ring (bicyclic) bond motifs is 1. The Morgan fingerprint density at radius 2 is 1.81 bits per heavy atom. The number of para-hydroxylation sites is 1. The van der Waals surface area contributed by atoms with E-state index in [1.54, 1.807) is 66.9 Å². The Balaban J connectivity index is 1.49. The van der Waals surface area contributed by atoms with Crippen LogP contribution in [-0.2, 0) is 16.6 Å². The van der Waals surface area contributed by atoms with Crippen LogP contribution in [0.3, 0.4) is 0 Å². The lowest BCUT2D eigenvalue weighted by molar-refractivity contribution is 0.0948. The minimum absolute atomic E-state index is 0.218. The van der Waals surface area contributed by atoms with E-state index < -0.39 is 16.2 Å². The second-order valence-electron chi connectivity index (χ2n) is 6.08. The van der Waals surface area contributed by atoms with Gasteiger partial charge in [0.15, 0.2) is 0 Å². The number of nitrogens with one attached hydrogen (secondary N) is 3. The van der Waals surface area contributed by atoms with E-state index in [1.165, 1.54) is 0 Å². The van der Waals surface area contributed by atoms with Gasteiger partial charge in [-0.3, -0.25) is 4.79 Å². The third-order valence-electron chi connectivity index (χ3n) is 4.26. The molecule has 0 fully saturated rings. The minimum Gasteiger partial charge on any atom is -0.467 e. The van der Waals surface area contributed by atoms with E-state index in [4.69, 9.17) is 4.42 Å². The van der Waals surface area contributed by atoms with Gasteiger partial charge in [-0.1, -0.05) is 24.3 Å². The van der Waals surface area contributed by atoms with Gasteiger partial charge in [0.05, 0.1) is 18.5 Å². The molecule has 27 heavy (non-hydrogen) atoms. The molecule has 2 aromatic carbocycles. The number of furan rings is 1. The van der Waals surface area contributed by atoms with Crippen molar-refractivity contribution in [1.82, 2.24) is 10.0 Å². The third kappa shape index (κ3) is 3.57. The van der Waals surface area contributed by atoms with Crippen molar-refractivity contribution < 1.29 is 17.6 Å². The van der Waals surface area contributed by atoms with E-state index in [0.29, 0.717) is 29.1 Å². The maximum Gasteiger partial charge on any atom is 0.251 e. The van der Waals surface area contributed by atoms with E-state index in [0.717, 1.165) is 0 Å². The lowest BCUT2D eigenvalue weighted by atomic mass is 10.1. The number of anilines is 1. The SMILES string of the molecule is O=C(NCc1ccco1)c1ccc([C@H]2Nc3ccccc3S(=O)(=O)N2)cc1. The van der Waals surface area contributed by atoms with Crippen molar-refractivity contribution in [3.8, 4) is 0 Å². The summed E-state index contributed by atoms with van der Waals surface area (Å²) in [5, 5.41) is 5.92. The van der Waals surface area contributed by atoms with Crippen LogP contribution in [-0.4, -0.2) is 14.3 Å². The highest BCUT2D eigenvalue weighted by molar-refractivity contribution is 7.89. The molecule has 1 aromatic heterocycles. The van der Waals surface area contributed by atoms with Gasteiger partial charge in [0.1, 0.15) is 16.8 Å². The second-order valence-corrected chi connectivity index (χ2v) is 7.76. The van der Waals surface area contributed by atoms with Crippen molar-refractivity contribution in [1.29, 1.82) is 0 Å². The van der Waals surface area contributed by atoms with Crippen LogP contribution in [0.2, 0.25) is 0 Å². The first-order chi connectivity index (χ1) is 13.0. The molecule has 0 radical (unpaired) electrons. The Bertz CT molecular complexity index is 1060. The molecule has 0 saturated heterocycles. The van der Waals surface area contributed by atoms with Crippen LogP contribution in [0.25, 0.3) is 0 Å². The highest BCUT2D eigenvalue weighted by atomic mass is 32.2. The highest BCUT2D eigenvalue weighted by Gasteiger charge is 2.29. The average Bonchev–Trinajstić information content (AvgIpc) is 3.19. The summed E-state index contributed by atoms with van der Waals surface area (Å²) in [5.74, 6) is 0.430. The fraction of sp³-hybridized carbons (Fsp3) is 0.105. The zero-order valence-electron chi connectivity index (χ0n) is 14.2. The minimum atomic E-state index is -3.60. The van der Waals surface area contributed by atoms with Crippen molar-refractivity contribution in [2.24, 2.45) is 0 Å². The van der Waals surface area contributed by atoms with Gasteiger partial charge in [-0.25, -0.2) is 8.42 Å². The lowest BCUT2D eigenvalue weighted by Gasteiger charge is -2.28. The number of sulfonamides is 1. The predicted octanol–water partition coefficient (Wildman–Crippen LogP) is 2.61. The number of rotatable bonds is 4. The van der Waals surface area contributed by atoms with Crippen molar-refractivity contribution in [3.63, 3.8) is 0 Å². The predicted molar refractivity (Wildman–Crippen MR) is 99.4 cm³/mol. The van der Waals surface area contributed by atoms with Crippen LogP contribution in [0, 0.1) is 0 Å². The third-order valence-corrected chi connectivity index (χ3v) is 5.74. The van der Waals surface area contributed by atoms with E-state index in [9.17, 15) is 13.2 Å². The van der Waals surface area contributed by atoms with Gasteiger partial charge in [-0.05, 0) is 42.0 Å². The van der Waals surface area contributed by atoms with E-state index in [2.05, 4.69) is 15.4 Å². The van der Waals surface area contributed by atoms with Crippen LogP contribution in [0.1, 0.15) is 27.8 Å². The number of hydrogen-bond donors (Lipinski definition) is 3. The van der Waals surface area contributed by atoms with Gasteiger partial charge >= 0.3 is 0 Å². The van der Waals surface area contributed by atoms with Gasteiger partial charge in [-0.2, -0.15) is 4.72 Å². The first-order valence-electron chi connectivity index (χ1n) is 8.31. The Morgan fingerprint density at radius 1 is 1.04 bits per heavy atom. The molecule has 4 rings (SSSR count). The molecule has 3 N–H and O–H groups in total. The first-order valence-corrected chi connectivity index (χ1v) is 9.80. The summed E-state index contributed by atoms with van der Waals surface area (Å²) in [7, 11) is -3.60. The maximum absolute atomic E-state index is 12.4. The molecule has 2 heterocycles. The fourth-order valence-electron chi connectivity index (χ4n) is 2.88. The lowest BCUT2D eigenvalue weighted by Crippen LogP contribution is -2.38. The molecule has 138 valence electrons. The summed E-state index contributed by atoms with van der Waals surface area (Å²) in [6.45, 7) is 0.300. The molecule has 1 aliphatic rings. The van der Waals surface area contributed by atoms with Crippen LogP contribution in [0.4, 0.5) is 5.69 Å².